The number of ketones is 1. The number of aromatic hydroxyl groups is 3. The van der Waals surface area contributed by atoms with Gasteiger partial charge in [-0.25, -0.2) is 4.79 Å². The number of phenolic OH excluding ortho intramolecular Hbond substituents is 3. The number of carboxylic acid groups (broad SMARTS) is 1. The maximum atomic E-state index is 12.2. The zero-order valence-electron chi connectivity index (χ0n) is 10.1. The summed E-state index contributed by atoms with van der Waals surface area (Å²) in [6.07, 6.45) is 0. The molecule has 0 spiro atoms. The molecule has 0 saturated carbocycles. The second kappa shape index (κ2) is 4.93. The van der Waals surface area contributed by atoms with Crippen LogP contribution in [0.5, 0.6) is 17.2 Å². The lowest BCUT2D eigenvalue weighted by Crippen LogP contribution is -2.09. The van der Waals surface area contributed by atoms with Gasteiger partial charge in [0.2, 0.25) is 0 Å². The molecule has 0 aromatic heterocycles. The quantitative estimate of drug-likeness (QED) is 0.633. The van der Waals surface area contributed by atoms with Crippen molar-refractivity contribution in [1.29, 1.82) is 0 Å². The van der Waals surface area contributed by atoms with Crippen molar-refractivity contribution in [3.63, 3.8) is 0 Å². The molecule has 0 bridgehead atoms. The van der Waals surface area contributed by atoms with E-state index in [9.17, 15) is 24.9 Å². The maximum absolute atomic E-state index is 12.2. The van der Waals surface area contributed by atoms with Crippen molar-refractivity contribution in [3.05, 3.63) is 53.1 Å². The van der Waals surface area contributed by atoms with Gasteiger partial charge in [-0.05, 0) is 30.3 Å². The molecule has 0 aliphatic heterocycles. The first kappa shape index (κ1) is 13.4. The van der Waals surface area contributed by atoms with Crippen molar-refractivity contribution >= 4 is 11.8 Å². The minimum atomic E-state index is -1.37. The van der Waals surface area contributed by atoms with E-state index in [-0.39, 0.29) is 28.2 Å². The fraction of sp³-hybridized carbons (Fsp3) is 0. The van der Waals surface area contributed by atoms with Crippen LogP contribution in [-0.4, -0.2) is 32.2 Å². The van der Waals surface area contributed by atoms with E-state index in [1.54, 1.807) is 0 Å². The third-order valence-corrected chi connectivity index (χ3v) is 2.70. The highest BCUT2D eigenvalue weighted by molar-refractivity contribution is 6.15. The third kappa shape index (κ3) is 2.39. The van der Waals surface area contributed by atoms with Crippen LogP contribution < -0.4 is 0 Å². The molecule has 102 valence electrons. The van der Waals surface area contributed by atoms with Gasteiger partial charge in [-0.3, -0.25) is 4.79 Å². The average molecular weight is 274 g/mol. The molecule has 2 aromatic rings. The molecule has 0 atom stereocenters. The summed E-state index contributed by atoms with van der Waals surface area (Å²) in [6.45, 7) is 0. The molecule has 20 heavy (non-hydrogen) atoms. The third-order valence-electron chi connectivity index (χ3n) is 2.70. The fourth-order valence-corrected chi connectivity index (χ4v) is 1.76. The molecule has 0 unspecified atom stereocenters. The minimum absolute atomic E-state index is 0.143. The van der Waals surface area contributed by atoms with E-state index in [4.69, 9.17) is 5.11 Å². The Morgan fingerprint density at radius 1 is 0.750 bits per heavy atom. The number of aromatic carboxylic acids is 1. The molecule has 2 rings (SSSR count). The van der Waals surface area contributed by atoms with Crippen LogP contribution in [-0.2, 0) is 0 Å². The van der Waals surface area contributed by atoms with Crippen LogP contribution in [0.1, 0.15) is 26.3 Å². The predicted molar refractivity (Wildman–Crippen MR) is 68.3 cm³/mol. The van der Waals surface area contributed by atoms with Crippen molar-refractivity contribution in [2.75, 3.05) is 0 Å². The second-order valence-corrected chi connectivity index (χ2v) is 4.07. The van der Waals surface area contributed by atoms with E-state index >= 15 is 0 Å². The lowest BCUT2D eigenvalue weighted by Gasteiger charge is -2.07. The number of hydrogen-bond donors (Lipinski definition) is 4. The number of carbonyl (C=O) groups is 2. The molecule has 0 saturated heterocycles. The van der Waals surface area contributed by atoms with Gasteiger partial charge in [0, 0.05) is 11.6 Å². The molecule has 2 aromatic carbocycles. The van der Waals surface area contributed by atoms with E-state index in [1.165, 1.54) is 18.2 Å². The fourth-order valence-electron chi connectivity index (χ4n) is 1.76. The van der Waals surface area contributed by atoms with E-state index < -0.39 is 17.5 Å². The lowest BCUT2D eigenvalue weighted by molar-refractivity contribution is 0.0692. The number of phenols is 3. The van der Waals surface area contributed by atoms with E-state index in [0.29, 0.717) is 0 Å². The van der Waals surface area contributed by atoms with Crippen LogP contribution in [0.2, 0.25) is 0 Å². The molecule has 0 aliphatic carbocycles. The Bertz CT molecular complexity index is 705. The van der Waals surface area contributed by atoms with E-state index in [2.05, 4.69) is 0 Å². The van der Waals surface area contributed by atoms with Gasteiger partial charge in [-0.2, -0.15) is 0 Å². The summed E-state index contributed by atoms with van der Waals surface area (Å²) >= 11 is 0. The second-order valence-electron chi connectivity index (χ2n) is 4.07. The first-order valence-corrected chi connectivity index (χ1v) is 5.53. The first-order chi connectivity index (χ1) is 9.40. The molecule has 4 N–H and O–H groups in total. The summed E-state index contributed by atoms with van der Waals surface area (Å²) in [5.74, 6) is -3.06. The smallest absolute Gasteiger partial charge is 0.336 e. The SMILES string of the molecule is O=C(O)c1cc(O)ccc1C(=O)c1ccc(O)cc1O. The van der Waals surface area contributed by atoms with Crippen molar-refractivity contribution in [2.24, 2.45) is 0 Å². The number of hydrogen-bond acceptors (Lipinski definition) is 5. The van der Waals surface area contributed by atoms with Gasteiger partial charge in [0.1, 0.15) is 17.2 Å². The van der Waals surface area contributed by atoms with Crippen LogP contribution in [0.4, 0.5) is 0 Å². The Balaban J connectivity index is 2.56. The van der Waals surface area contributed by atoms with Gasteiger partial charge in [0.15, 0.2) is 5.78 Å². The highest BCUT2D eigenvalue weighted by atomic mass is 16.4. The van der Waals surface area contributed by atoms with Crippen molar-refractivity contribution in [2.45, 2.75) is 0 Å². The van der Waals surface area contributed by atoms with Crippen molar-refractivity contribution in [1.82, 2.24) is 0 Å². The molecule has 6 nitrogen and oxygen atoms in total. The summed E-state index contributed by atoms with van der Waals surface area (Å²) in [7, 11) is 0. The Morgan fingerprint density at radius 2 is 1.30 bits per heavy atom. The summed E-state index contributed by atoms with van der Waals surface area (Å²) in [4.78, 5) is 23.3. The monoisotopic (exact) mass is 274 g/mol. The Morgan fingerprint density at radius 3 is 1.85 bits per heavy atom. The number of rotatable bonds is 3. The Kier molecular flexibility index (Phi) is 3.30. The molecule has 6 heteroatoms. The van der Waals surface area contributed by atoms with Gasteiger partial charge >= 0.3 is 5.97 Å². The Labute approximate surface area is 113 Å². The van der Waals surface area contributed by atoms with Crippen LogP contribution in [0.25, 0.3) is 0 Å². The molecule has 0 aliphatic rings. The summed E-state index contributed by atoms with van der Waals surface area (Å²) in [6, 6.07) is 6.66. The van der Waals surface area contributed by atoms with Crippen molar-refractivity contribution in [3.8, 4) is 17.2 Å². The highest BCUT2D eigenvalue weighted by Crippen LogP contribution is 2.27. The lowest BCUT2D eigenvalue weighted by atomic mass is 9.97. The summed E-state index contributed by atoms with van der Waals surface area (Å²) in [5, 5.41) is 37.1. The zero-order chi connectivity index (χ0) is 14.9. The summed E-state index contributed by atoms with van der Waals surface area (Å²) < 4.78 is 0. The van der Waals surface area contributed by atoms with Crippen LogP contribution in [0, 0.1) is 0 Å². The standard InChI is InChI=1S/C14H10O6/c15-7-1-3-9(11(5-7)14(19)20)13(18)10-4-2-8(16)6-12(10)17/h1-6,15-17H,(H,19,20). The van der Waals surface area contributed by atoms with Gasteiger partial charge in [0.25, 0.3) is 0 Å². The van der Waals surface area contributed by atoms with Gasteiger partial charge in [-0.15, -0.1) is 0 Å². The summed E-state index contributed by atoms with van der Waals surface area (Å²) in [5.41, 5.74) is -0.685. The average Bonchev–Trinajstić information content (AvgIpc) is 2.37. The van der Waals surface area contributed by atoms with Gasteiger partial charge in [0.05, 0.1) is 11.1 Å². The number of carboxylic acids is 1. The molecular formula is C14H10O6. The van der Waals surface area contributed by atoms with Crippen LogP contribution >= 0.6 is 0 Å². The highest BCUT2D eigenvalue weighted by Gasteiger charge is 2.21. The van der Waals surface area contributed by atoms with E-state index in [0.717, 1.165) is 18.2 Å². The van der Waals surface area contributed by atoms with Gasteiger partial charge in [-0.1, -0.05) is 0 Å². The minimum Gasteiger partial charge on any atom is -0.508 e. The van der Waals surface area contributed by atoms with Crippen LogP contribution in [0.15, 0.2) is 36.4 Å². The molecule has 0 amide bonds. The molecule has 0 heterocycles. The maximum Gasteiger partial charge on any atom is 0.336 e. The van der Waals surface area contributed by atoms with Crippen molar-refractivity contribution < 1.29 is 30.0 Å². The molecular weight excluding hydrogens is 264 g/mol. The van der Waals surface area contributed by atoms with Gasteiger partial charge < -0.3 is 20.4 Å². The van der Waals surface area contributed by atoms with Crippen LogP contribution in [0.3, 0.4) is 0 Å². The Hall–Kier alpha value is -3.02. The first-order valence-electron chi connectivity index (χ1n) is 5.53. The number of carbonyl (C=O) groups excluding carboxylic acids is 1. The topological polar surface area (TPSA) is 115 Å². The zero-order valence-corrected chi connectivity index (χ0v) is 10.1. The normalized spacial score (nSPS) is 10.2. The molecule has 0 fully saturated rings. The molecule has 0 radical (unpaired) electrons. The largest absolute Gasteiger partial charge is 0.508 e. The number of benzene rings is 2. The van der Waals surface area contributed by atoms with E-state index in [1.807, 2.05) is 0 Å². The predicted octanol–water partition coefficient (Wildman–Crippen LogP) is 1.73.